The summed E-state index contributed by atoms with van der Waals surface area (Å²) >= 11 is 0. The Hall–Kier alpha value is -2.01. The topological polar surface area (TPSA) is 50.5 Å². The van der Waals surface area contributed by atoms with Gasteiger partial charge in [0.25, 0.3) is 0 Å². The second-order valence-electron chi connectivity index (χ2n) is 6.26. The van der Waals surface area contributed by atoms with Gasteiger partial charge in [0, 0.05) is 19.8 Å². The minimum Gasteiger partial charge on any atom is -0.504 e. The minimum absolute atomic E-state index is 0.203. The largest absolute Gasteiger partial charge is 0.504 e. The third-order valence-corrected chi connectivity index (χ3v) is 4.57. The average Bonchev–Trinajstić information content (AvgIpc) is 2.83. The van der Waals surface area contributed by atoms with Gasteiger partial charge in [-0.15, -0.1) is 0 Å². The van der Waals surface area contributed by atoms with Crippen LogP contribution in [0.4, 0.5) is 0 Å². The fourth-order valence-corrected chi connectivity index (χ4v) is 3.37. The summed E-state index contributed by atoms with van der Waals surface area (Å²) in [7, 11) is 3.53. The van der Waals surface area contributed by atoms with Gasteiger partial charge in [-0.05, 0) is 43.1 Å². The highest BCUT2D eigenvalue weighted by atomic mass is 16.5. The lowest BCUT2D eigenvalue weighted by Crippen LogP contribution is -2.28. The van der Waals surface area contributed by atoms with Crippen LogP contribution in [0.5, 0.6) is 11.5 Å². The Balaban J connectivity index is 1.81. The van der Waals surface area contributed by atoms with Crippen LogP contribution < -0.4 is 4.74 Å². The summed E-state index contributed by atoms with van der Waals surface area (Å²) in [5.74, 6) is 0.722. The van der Waals surface area contributed by atoms with Gasteiger partial charge in [-0.3, -0.25) is 9.58 Å². The van der Waals surface area contributed by atoms with Crippen LogP contribution in [0, 0.1) is 0 Å². The Bertz CT molecular complexity index is 653. The summed E-state index contributed by atoms with van der Waals surface area (Å²) in [5.41, 5.74) is 2.25. The molecule has 1 N–H and O–H groups in total. The van der Waals surface area contributed by atoms with Crippen LogP contribution >= 0.6 is 0 Å². The number of aromatic hydroxyl groups is 1. The van der Waals surface area contributed by atoms with Crippen LogP contribution in [0.15, 0.2) is 30.5 Å². The molecular weight excluding hydrogens is 290 g/mol. The van der Waals surface area contributed by atoms with E-state index in [2.05, 4.69) is 16.1 Å². The number of rotatable bonds is 4. The molecule has 1 aromatic heterocycles. The molecule has 23 heavy (non-hydrogen) atoms. The highest BCUT2D eigenvalue weighted by molar-refractivity contribution is 5.41. The number of benzene rings is 1. The maximum Gasteiger partial charge on any atom is 0.160 e. The maximum absolute atomic E-state index is 10.0. The molecule has 1 aromatic carbocycles. The van der Waals surface area contributed by atoms with E-state index in [1.165, 1.54) is 19.3 Å². The number of nitrogens with zero attached hydrogens (tertiary/aromatic N) is 3. The number of methoxy groups -OCH3 is 1. The van der Waals surface area contributed by atoms with Crippen molar-refractivity contribution >= 4 is 0 Å². The van der Waals surface area contributed by atoms with Crippen molar-refractivity contribution in [1.82, 2.24) is 14.7 Å². The first-order chi connectivity index (χ1) is 11.2. The van der Waals surface area contributed by atoms with E-state index >= 15 is 0 Å². The zero-order valence-corrected chi connectivity index (χ0v) is 13.9. The van der Waals surface area contributed by atoms with Crippen LogP contribution in [-0.2, 0) is 13.6 Å². The number of phenolic OH excluding ortho intramolecular Hbond substituents is 1. The zero-order chi connectivity index (χ0) is 16.2. The molecule has 1 aliphatic heterocycles. The molecule has 0 unspecified atom stereocenters. The van der Waals surface area contributed by atoms with E-state index in [0.29, 0.717) is 11.8 Å². The van der Waals surface area contributed by atoms with Crippen molar-refractivity contribution in [2.45, 2.75) is 38.3 Å². The molecular formula is C18H25N3O2. The van der Waals surface area contributed by atoms with Crippen LogP contribution in [0.1, 0.15) is 43.0 Å². The molecule has 0 radical (unpaired) electrons. The van der Waals surface area contributed by atoms with Gasteiger partial charge in [0.2, 0.25) is 0 Å². The Morgan fingerprint density at radius 3 is 2.83 bits per heavy atom. The van der Waals surface area contributed by atoms with Crippen LogP contribution in [-0.4, -0.2) is 33.4 Å². The zero-order valence-electron chi connectivity index (χ0n) is 13.9. The minimum atomic E-state index is 0.203. The van der Waals surface area contributed by atoms with Crippen molar-refractivity contribution in [3.63, 3.8) is 0 Å². The number of phenols is 1. The molecule has 3 rings (SSSR count). The van der Waals surface area contributed by atoms with E-state index in [4.69, 9.17) is 4.74 Å². The average molecular weight is 315 g/mol. The smallest absolute Gasteiger partial charge is 0.160 e. The summed E-state index contributed by atoms with van der Waals surface area (Å²) < 4.78 is 7.00. The van der Waals surface area contributed by atoms with Gasteiger partial charge >= 0.3 is 0 Å². The Labute approximate surface area is 137 Å². The molecule has 0 saturated carbocycles. The quantitative estimate of drug-likeness (QED) is 0.941. The molecule has 1 saturated heterocycles. The van der Waals surface area contributed by atoms with Crippen molar-refractivity contribution in [3.8, 4) is 11.5 Å². The number of ether oxygens (including phenoxy) is 1. The van der Waals surface area contributed by atoms with Crippen molar-refractivity contribution in [1.29, 1.82) is 0 Å². The van der Waals surface area contributed by atoms with Crippen LogP contribution in [0.3, 0.4) is 0 Å². The lowest BCUT2D eigenvalue weighted by molar-refractivity contribution is 0.188. The van der Waals surface area contributed by atoms with Crippen LogP contribution in [0.2, 0.25) is 0 Å². The third kappa shape index (κ3) is 3.67. The second-order valence-corrected chi connectivity index (χ2v) is 6.26. The van der Waals surface area contributed by atoms with E-state index in [0.717, 1.165) is 30.8 Å². The van der Waals surface area contributed by atoms with Gasteiger partial charge in [-0.2, -0.15) is 5.10 Å². The molecule has 5 nitrogen and oxygen atoms in total. The number of likely N-dealkylation sites (tertiary alicyclic amines) is 1. The van der Waals surface area contributed by atoms with E-state index in [1.807, 2.05) is 30.1 Å². The number of hydrogen-bond donors (Lipinski definition) is 1. The van der Waals surface area contributed by atoms with E-state index in [9.17, 15) is 5.11 Å². The van der Waals surface area contributed by atoms with Crippen molar-refractivity contribution < 1.29 is 9.84 Å². The SMILES string of the molecule is COc1ccc(CN2CCCCC[C@@H]2c2ccn(C)n2)cc1O. The van der Waals surface area contributed by atoms with Gasteiger partial charge in [-0.1, -0.05) is 18.9 Å². The van der Waals surface area contributed by atoms with Crippen molar-refractivity contribution in [2.24, 2.45) is 7.05 Å². The number of aryl methyl sites for hydroxylation is 1. The molecule has 2 aromatic rings. The summed E-state index contributed by atoms with van der Waals surface area (Å²) in [4.78, 5) is 2.48. The number of hydrogen-bond acceptors (Lipinski definition) is 4. The van der Waals surface area contributed by atoms with Crippen molar-refractivity contribution in [3.05, 3.63) is 41.7 Å². The first-order valence-electron chi connectivity index (χ1n) is 8.27. The molecule has 124 valence electrons. The van der Waals surface area contributed by atoms with E-state index in [-0.39, 0.29) is 5.75 Å². The standard InChI is InChI=1S/C18H25N3O2/c1-20-11-9-15(19-20)16-6-4-3-5-10-21(16)13-14-7-8-18(23-2)17(22)12-14/h7-9,11-12,16,22H,3-6,10,13H2,1-2H3/t16-/m1/s1. The Morgan fingerprint density at radius 2 is 2.13 bits per heavy atom. The predicted molar refractivity (Wildman–Crippen MR) is 89.5 cm³/mol. The maximum atomic E-state index is 10.0. The highest BCUT2D eigenvalue weighted by Crippen LogP contribution is 2.32. The molecule has 5 heteroatoms. The first kappa shape index (κ1) is 15.9. The molecule has 0 amide bonds. The molecule has 0 spiro atoms. The number of aromatic nitrogens is 2. The summed E-state index contributed by atoms with van der Waals surface area (Å²) in [6, 6.07) is 8.13. The lowest BCUT2D eigenvalue weighted by Gasteiger charge is -2.29. The van der Waals surface area contributed by atoms with Gasteiger partial charge < -0.3 is 9.84 Å². The highest BCUT2D eigenvalue weighted by Gasteiger charge is 2.24. The van der Waals surface area contributed by atoms with Gasteiger partial charge in [0.15, 0.2) is 11.5 Å². The molecule has 0 aliphatic carbocycles. The molecule has 1 aliphatic rings. The van der Waals surface area contributed by atoms with Gasteiger partial charge in [0.1, 0.15) is 0 Å². The lowest BCUT2D eigenvalue weighted by atomic mass is 10.1. The first-order valence-corrected chi connectivity index (χ1v) is 8.27. The summed E-state index contributed by atoms with van der Waals surface area (Å²) in [6.07, 6.45) is 6.88. The van der Waals surface area contributed by atoms with E-state index in [1.54, 1.807) is 13.2 Å². The normalized spacial score (nSPS) is 19.5. The Kier molecular flexibility index (Phi) is 4.86. The molecule has 1 fully saturated rings. The Morgan fingerprint density at radius 1 is 1.26 bits per heavy atom. The monoisotopic (exact) mass is 315 g/mol. The van der Waals surface area contributed by atoms with Crippen LogP contribution in [0.25, 0.3) is 0 Å². The van der Waals surface area contributed by atoms with Gasteiger partial charge in [0.05, 0.1) is 18.8 Å². The molecule has 2 heterocycles. The molecule has 1 atom stereocenters. The van der Waals surface area contributed by atoms with E-state index < -0.39 is 0 Å². The second kappa shape index (κ2) is 7.04. The molecule has 0 bridgehead atoms. The van der Waals surface area contributed by atoms with Gasteiger partial charge in [-0.25, -0.2) is 0 Å². The fraction of sp³-hybridized carbons (Fsp3) is 0.500. The predicted octanol–water partition coefficient (Wildman–Crippen LogP) is 3.25. The summed E-state index contributed by atoms with van der Waals surface area (Å²) in [5, 5.41) is 14.6. The summed E-state index contributed by atoms with van der Waals surface area (Å²) in [6.45, 7) is 1.88. The van der Waals surface area contributed by atoms with Crippen molar-refractivity contribution in [2.75, 3.05) is 13.7 Å². The third-order valence-electron chi connectivity index (χ3n) is 4.57. The fourth-order valence-electron chi connectivity index (χ4n) is 3.37.